The summed E-state index contributed by atoms with van der Waals surface area (Å²) in [6, 6.07) is 2.74. The van der Waals surface area contributed by atoms with E-state index in [1.807, 2.05) is 0 Å². The molecular weight excluding hydrogens is 249 g/mol. The van der Waals surface area contributed by atoms with Crippen molar-refractivity contribution in [3.05, 3.63) is 39.7 Å². The molecule has 0 saturated carbocycles. The topological polar surface area (TPSA) is 83.6 Å². The number of hydrogen-bond donors (Lipinski definition) is 3. The first-order valence-corrected chi connectivity index (χ1v) is 5.51. The van der Waals surface area contributed by atoms with E-state index in [4.69, 9.17) is 0 Å². The highest BCUT2D eigenvalue weighted by Crippen LogP contribution is 2.29. The Bertz CT molecular complexity index is 415. The molecule has 5 nitrogen and oxygen atoms in total. The van der Waals surface area contributed by atoms with Crippen LogP contribution < -0.4 is 0 Å². The van der Waals surface area contributed by atoms with Crippen molar-refractivity contribution >= 4 is 18.3 Å². The standard InChI is InChI=1S/C10H12FNO4S/c11-6-1-2-8(12(15)16)7(5-6)10(14)9(13)3-4-17/h1-2,5,9-10,13-14,17H,3-4H2. The zero-order chi connectivity index (χ0) is 13.0. The molecule has 0 aliphatic heterocycles. The van der Waals surface area contributed by atoms with E-state index < -0.39 is 28.6 Å². The van der Waals surface area contributed by atoms with Crippen molar-refractivity contribution in [2.75, 3.05) is 5.75 Å². The third-order valence-corrected chi connectivity index (χ3v) is 2.55. The van der Waals surface area contributed by atoms with Gasteiger partial charge in [0.25, 0.3) is 5.69 Å². The van der Waals surface area contributed by atoms with Gasteiger partial charge in [-0.1, -0.05) is 0 Å². The van der Waals surface area contributed by atoms with Crippen LogP contribution in [0.3, 0.4) is 0 Å². The molecule has 17 heavy (non-hydrogen) atoms. The Kier molecular flexibility index (Phi) is 4.86. The second kappa shape index (κ2) is 5.95. The summed E-state index contributed by atoms with van der Waals surface area (Å²) in [4.78, 5) is 9.96. The molecule has 0 radical (unpaired) electrons. The van der Waals surface area contributed by atoms with Crippen LogP contribution in [0, 0.1) is 15.9 Å². The Hall–Kier alpha value is -1.18. The average molecular weight is 261 g/mol. The third kappa shape index (κ3) is 3.39. The summed E-state index contributed by atoms with van der Waals surface area (Å²) < 4.78 is 13.0. The lowest BCUT2D eigenvalue weighted by Crippen LogP contribution is -2.19. The van der Waals surface area contributed by atoms with Crippen molar-refractivity contribution in [1.82, 2.24) is 0 Å². The molecule has 1 aromatic carbocycles. The summed E-state index contributed by atoms with van der Waals surface area (Å²) in [5.41, 5.74) is -0.651. The van der Waals surface area contributed by atoms with E-state index in [1.54, 1.807) is 0 Å². The highest BCUT2D eigenvalue weighted by Gasteiger charge is 2.26. The fourth-order valence-corrected chi connectivity index (χ4v) is 1.69. The Morgan fingerprint density at radius 2 is 2.12 bits per heavy atom. The number of hydrogen-bond acceptors (Lipinski definition) is 5. The Balaban J connectivity index is 3.10. The summed E-state index contributed by atoms with van der Waals surface area (Å²) in [5, 5.41) is 29.9. The Labute approximate surface area is 102 Å². The van der Waals surface area contributed by atoms with Crippen LogP contribution in [0.2, 0.25) is 0 Å². The van der Waals surface area contributed by atoms with E-state index in [-0.39, 0.29) is 12.0 Å². The lowest BCUT2D eigenvalue weighted by molar-refractivity contribution is -0.386. The number of nitro groups is 1. The van der Waals surface area contributed by atoms with Gasteiger partial charge in [-0.15, -0.1) is 0 Å². The van der Waals surface area contributed by atoms with Crippen LogP contribution in [0.5, 0.6) is 0 Å². The van der Waals surface area contributed by atoms with Crippen molar-refractivity contribution in [2.24, 2.45) is 0 Å². The number of nitrogens with zero attached hydrogens (tertiary/aromatic N) is 1. The van der Waals surface area contributed by atoms with Gasteiger partial charge in [-0.05, 0) is 24.3 Å². The van der Waals surface area contributed by atoms with E-state index >= 15 is 0 Å². The molecule has 7 heteroatoms. The average Bonchev–Trinajstić information content (AvgIpc) is 2.27. The molecular formula is C10H12FNO4S. The predicted molar refractivity (Wildman–Crippen MR) is 62.5 cm³/mol. The number of aliphatic hydroxyl groups is 2. The maximum Gasteiger partial charge on any atom is 0.275 e. The second-order valence-electron chi connectivity index (χ2n) is 3.48. The van der Waals surface area contributed by atoms with Crippen molar-refractivity contribution in [2.45, 2.75) is 18.6 Å². The van der Waals surface area contributed by atoms with Gasteiger partial charge in [-0.3, -0.25) is 10.1 Å². The Morgan fingerprint density at radius 1 is 1.47 bits per heavy atom. The van der Waals surface area contributed by atoms with Crippen LogP contribution in [0.25, 0.3) is 0 Å². The third-order valence-electron chi connectivity index (χ3n) is 2.29. The molecule has 0 amide bonds. The Morgan fingerprint density at radius 3 is 2.65 bits per heavy atom. The van der Waals surface area contributed by atoms with Crippen molar-refractivity contribution in [1.29, 1.82) is 0 Å². The highest BCUT2D eigenvalue weighted by atomic mass is 32.1. The first-order valence-electron chi connectivity index (χ1n) is 4.88. The van der Waals surface area contributed by atoms with Gasteiger partial charge in [0.05, 0.1) is 16.6 Å². The lowest BCUT2D eigenvalue weighted by atomic mass is 10.0. The second-order valence-corrected chi connectivity index (χ2v) is 3.93. The van der Waals surface area contributed by atoms with Crippen molar-refractivity contribution in [3.63, 3.8) is 0 Å². The number of benzene rings is 1. The fourth-order valence-electron chi connectivity index (χ4n) is 1.43. The number of aliphatic hydroxyl groups excluding tert-OH is 2. The minimum absolute atomic E-state index is 0.151. The van der Waals surface area contributed by atoms with Gasteiger partial charge in [-0.2, -0.15) is 12.6 Å². The van der Waals surface area contributed by atoms with E-state index in [0.717, 1.165) is 18.2 Å². The molecule has 94 valence electrons. The van der Waals surface area contributed by atoms with Gasteiger partial charge >= 0.3 is 0 Å². The zero-order valence-corrected chi connectivity index (χ0v) is 9.68. The monoisotopic (exact) mass is 261 g/mol. The largest absolute Gasteiger partial charge is 0.390 e. The molecule has 0 aliphatic carbocycles. The predicted octanol–water partition coefficient (Wildman–Crippen LogP) is 1.45. The van der Waals surface area contributed by atoms with E-state index in [9.17, 15) is 24.7 Å². The molecule has 0 aliphatic rings. The van der Waals surface area contributed by atoms with Gasteiger partial charge in [0, 0.05) is 6.07 Å². The first kappa shape index (κ1) is 13.9. The molecule has 0 heterocycles. The van der Waals surface area contributed by atoms with Crippen LogP contribution in [0.1, 0.15) is 18.1 Å². The summed E-state index contributed by atoms with van der Waals surface area (Å²) >= 11 is 3.87. The lowest BCUT2D eigenvalue weighted by Gasteiger charge is -2.17. The smallest absolute Gasteiger partial charge is 0.275 e. The van der Waals surface area contributed by atoms with Crippen molar-refractivity contribution < 1.29 is 19.5 Å². The fraction of sp³-hybridized carbons (Fsp3) is 0.400. The molecule has 2 atom stereocenters. The van der Waals surface area contributed by atoms with Crippen molar-refractivity contribution in [3.8, 4) is 0 Å². The van der Waals surface area contributed by atoms with Crippen LogP contribution in [0.4, 0.5) is 10.1 Å². The minimum Gasteiger partial charge on any atom is -0.390 e. The van der Waals surface area contributed by atoms with Gasteiger partial charge < -0.3 is 10.2 Å². The van der Waals surface area contributed by atoms with Crippen LogP contribution in [-0.4, -0.2) is 27.0 Å². The van der Waals surface area contributed by atoms with E-state index in [1.165, 1.54) is 0 Å². The van der Waals surface area contributed by atoms with Gasteiger partial charge in [0.15, 0.2) is 0 Å². The van der Waals surface area contributed by atoms with Crippen LogP contribution in [-0.2, 0) is 0 Å². The maximum absolute atomic E-state index is 13.0. The summed E-state index contributed by atoms with van der Waals surface area (Å²) in [6.45, 7) is 0. The number of rotatable bonds is 5. The van der Waals surface area contributed by atoms with Crippen LogP contribution >= 0.6 is 12.6 Å². The molecule has 2 unspecified atom stereocenters. The molecule has 1 rings (SSSR count). The molecule has 0 fully saturated rings. The molecule has 2 N–H and O–H groups in total. The maximum atomic E-state index is 13.0. The molecule has 0 saturated heterocycles. The normalized spacial score (nSPS) is 14.4. The number of thiol groups is 1. The van der Waals surface area contributed by atoms with Gasteiger partial charge in [-0.25, -0.2) is 4.39 Å². The van der Waals surface area contributed by atoms with Gasteiger partial charge in [0.2, 0.25) is 0 Å². The summed E-state index contributed by atoms with van der Waals surface area (Å²) in [5.74, 6) is -0.399. The van der Waals surface area contributed by atoms with Gasteiger partial charge in [0.1, 0.15) is 11.9 Å². The highest BCUT2D eigenvalue weighted by molar-refractivity contribution is 7.80. The first-order chi connectivity index (χ1) is 7.97. The zero-order valence-electron chi connectivity index (χ0n) is 8.78. The van der Waals surface area contributed by atoms with E-state index in [2.05, 4.69) is 12.6 Å². The quantitative estimate of drug-likeness (QED) is 0.425. The minimum atomic E-state index is -1.50. The SMILES string of the molecule is O=[N+]([O-])c1ccc(F)cc1C(O)C(O)CCS. The number of halogens is 1. The summed E-state index contributed by atoms with van der Waals surface area (Å²) in [6.07, 6.45) is -2.57. The molecule has 0 aromatic heterocycles. The van der Waals surface area contributed by atoms with E-state index in [0.29, 0.717) is 5.75 Å². The molecule has 1 aromatic rings. The summed E-state index contributed by atoms with van der Waals surface area (Å²) in [7, 11) is 0. The molecule has 0 bridgehead atoms. The van der Waals surface area contributed by atoms with Crippen LogP contribution in [0.15, 0.2) is 18.2 Å². The molecule has 0 spiro atoms. The number of nitro benzene ring substituents is 1.